The summed E-state index contributed by atoms with van der Waals surface area (Å²) in [5.41, 5.74) is 2.17. The van der Waals surface area contributed by atoms with Gasteiger partial charge >= 0.3 is 5.69 Å². The van der Waals surface area contributed by atoms with Gasteiger partial charge in [0.05, 0.1) is 28.7 Å². The highest BCUT2D eigenvalue weighted by Crippen LogP contribution is 2.36. The molecular weight excluding hydrogens is 474 g/mol. The van der Waals surface area contributed by atoms with E-state index >= 15 is 0 Å². The van der Waals surface area contributed by atoms with Crippen LogP contribution in [-0.4, -0.2) is 23.0 Å². The quantitative estimate of drug-likeness (QED) is 0.407. The normalized spacial score (nSPS) is 11.2. The summed E-state index contributed by atoms with van der Waals surface area (Å²) in [7, 11) is 1.54. The number of aromatic nitrogens is 2. The van der Waals surface area contributed by atoms with Gasteiger partial charge in [-0.3, -0.25) is 4.79 Å². The minimum Gasteiger partial charge on any atom is -0.493 e. The highest BCUT2D eigenvalue weighted by molar-refractivity contribution is 9.10. The molecule has 0 aliphatic carbocycles. The molecule has 1 aromatic heterocycles. The van der Waals surface area contributed by atoms with Crippen molar-refractivity contribution in [2.45, 2.75) is 13.5 Å². The van der Waals surface area contributed by atoms with Crippen molar-refractivity contribution in [3.63, 3.8) is 0 Å². The van der Waals surface area contributed by atoms with Crippen LogP contribution in [0, 0.1) is 6.92 Å². The first-order valence-electron chi connectivity index (χ1n) is 9.80. The molecular formula is C24H20BrN3O4. The molecule has 1 heterocycles. The van der Waals surface area contributed by atoms with Crippen LogP contribution in [0.25, 0.3) is 10.9 Å². The SMILES string of the molecule is COc1cc(C=Nn2c(=O)[nH]c3ccccc3c2=O)cc(Br)c1OCc1cccc(C)c1. The van der Waals surface area contributed by atoms with E-state index in [4.69, 9.17) is 9.47 Å². The van der Waals surface area contributed by atoms with Gasteiger partial charge in [-0.2, -0.15) is 5.10 Å². The van der Waals surface area contributed by atoms with E-state index in [1.807, 2.05) is 25.1 Å². The molecule has 0 saturated carbocycles. The Morgan fingerprint density at radius 3 is 2.69 bits per heavy atom. The number of aromatic amines is 1. The van der Waals surface area contributed by atoms with Gasteiger partial charge in [0.2, 0.25) is 0 Å². The summed E-state index contributed by atoms with van der Waals surface area (Å²) >= 11 is 3.51. The molecule has 0 fully saturated rings. The first-order chi connectivity index (χ1) is 15.5. The van der Waals surface area contributed by atoms with Crippen LogP contribution < -0.4 is 20.7 Å². The van der Waals surface area contributed by atoms with Crippen molar-refractivity contribution in [3.05, 3.63) is 103 Å². The van der Waals surface area contributed by atoms with Crippen LogP contribution in [0.3, 0.4) is 0 Å². The highest BCUT2D eigenvalue weighted by atomic mass is 79.9. The minimum atomic E-state index is -0.617. The number of hydrogen-bond acceptors (Lipinski definition) is 5. The molecule has 0 amide bonds. The molecule has 0 radical (unpaired) electrons. The second kappa shape index (κ2) is 9.23. The fourth-order valence-electron chi connectivity index (χ4n) is 3.29. The van der Waals surface area contributed by atoms with Crippen LogP contribution >= 0.6 is 15.9 Å². The number of halogens is 1. The number of H-pyrrole nitrogens is 1. The maximum atomic E-state index is 12.6. The molecule has 0 saturated heterocycles. The summed E-state index contributed by atoms with van der Waals surface area (Å²) < 4.78 is 12.9. The molecule has 7 nitrogen and oxygen atoms in total. The lowest BCUT2D eigenvalue weighted by molar-refractivity contribution is 0.282. The van der Waals surface area contributed by atoms with Gasteiger partial charge in [0.1, 0.15) is 6.61 Å². The average molecular weight is 494 g/mol. The molecule has 3 aromatic carbocycles. The zero-order valence-electron chi connectivity index (χ0n) is 17.5. The highest BCUT2D eigenvalue weighted by Gasteiger charge is 2.12. The molecule has 4 rings (SSSR count). The Labute approximate surface area is 192 Å². The summed E-state index contributed by atoms with van der Waals surface area (Å²) in [5, 5.41) is 4.47. The van der Waals surface area contributed by atoms with E-state index in [1.54, 1.807) is 43.5 Å². The van der Waals surface area contributed by atoms with Crippen LogP contribution in [0.4, 0.5) is 0 Å². The second-order valence-electron chi connectivity index (χ2n) is 7.15. The number of aryl methyl sites for hydroxylation is 1. The first kappa shape index (κ1) is 21.6. The zero-order valence-corrected chi connectivity index (χ0v) is 19.0. The van der Waals surface area contributed by atoms with Gasteiger partial charge in [-0.15, -0.1) is 4.68 Å². The van der Waals surface area contributed by atoms with Crippen LogP contribution in [0.1, 0.15) is 16.7 Å². The maximum Gasteiger partial charge on any atom is 0.349 e. The van der Waals surface area contributed by atoms with Crippen LogP contribution in [-0.2, 0) is 6.61 Å². The Morgan fingerprint density at radius 1 is 1.09 bits per heavy atom. The van der Waals surface area contributed by atoms with Gasteiger partial charge in [0, 0.05) is 0 Å². The Bertz CT molecular complexity index is 1440. The molecule has 0 aliphatic rings. The predicted molar refractivity (Wildman–Crippen MR) is 128 cm³/mol. The summed E-state index contributed by atoms with van der Waals surface area (Å²) in [5.74, 6) is 1.04. The predicted octanol–water partition coefficient (Wildman–Crippen LogP) is 4.23. The van der Waals surface area contributed by atoms with Crippen molar-refractivity contribution in [2.75, 3.05) is 7.11 Å². The van der Waals surface area contributed by atoms with Gasteiger partial charge in [0.25, 0.3) is 5.56 Å². The number of rotatable bonds is 6. The molecule has 1 N–H and O–H groups in total. The van der Waals surface area contributed by atoms with E-state index in [9.17, 15) is 9.59 Å². The Balaban J connectivity index is 1.63. The molecule has 0 unspecified atom stereocenters. The van der Waals surface area contributed by atoms with Crippen molar-refractivity contribution in [3.8, 4) is 11.5 Å². The topological polar surface area (TPSA) is 85.7 Å². The van der Waals surface area contributed by atoms with E-state index in [1.165, 1.54) is 6.21 Å². The average Bonchev–Trinajstić information content (AvgIpc) is 2.78. The smallest absolute Gasteiger partial charge is 0.349 e. The maximum absolute atomic E-state index is 12.6. The molecule has 0 spiro atoms. The third-order valence-corrected chi connectivity index (χ3v) is 5.41. The number of fused-ring (bicyclic) bond motifs is 1. The lowest BCUT2D eigenvalue weighted by atomic mass is 10.1. The van der Waals surface area contributed by atoms with E-state index in [0.29, 0.717) is 39.0 Å². The molecule has 4 aromatic rings. The number of nitrogens with zero attached hydrogens (tertiary/aromatic N) is 2. The van der Waals surface area contributed by atoms with Gasteiger partial charge in [-0.25, -0.2) is 4.79 Å². The van der Waals surface area contributed by atoms with Crippen molar-refractivity contribution in [1.82, 2.24) is 9.66 Å². The Hall–Kier alpha value is -3.65. The lowest BCUT2D eigenvalue weighted by Crippen LogP contribution is -2.32. The van der Waals surface area contributed by atoms with Gasteiger partial charge in [-0.05, 0) is 58.2 Å². The van der Waals surface area contributed by atoms with Gasteiger partial charge < -0.3 is 14.5 Å². The minimum absolute atomic E-state index is 0.378. The van der Waals surface area contributed by atoms with Gasteiger partial charge in [0.15, 0.2) is 11.5 Å². The fraction of sp³-hybridized carbons (Fsp3) is 0.125. The van der Waals surface area contributed by atoms with E-state index in [2.05, 4.69) is 32.1 Å². The van der Waals surface area contributed by atoms with Gasteiger partial charge in [-0.1, -0.05) is 42.0 Å². The lowest BCUT2D eigenvalue weighted by Gasteiger charge is -2.14. The number of para-hydroxylation sites is 1. The standard InChI is InChI=1S/C24H20BrN3O4/c1-15-6-5-7-16(10-15)14-32-22-19(25)11-17(12-21(22)31-2)13-26-28-23(29)18-8-3-4-9-20(18)27-24(28)30/h3-13H,14H2,1-2H3,(H,27,30). The van der Waals surface area contributed by atoms with Crippen LogP contribution in [0.5, 0.6) is 11.5 Å². The number of methoxy groups -OCH3 is 1. The summed E-state index contributed by atoms with van der Waals surface area (Å²) in [6.07, 6.45) is 1.42. The second-order valence-corrected chi connectivity index (χ2v) is 8.00. The molecule has 162 valence electrons. The van der Waals surface area contributed by atoms with Crippen LogP contribution in [0.15, 0.2) is 79.8 Å². The summed E-state index contributed by atoms with van der Waals surface area (Å²) in [6, 6.07) is 18.3. The Kier molecular flexibility index (Phi) is 6.23. The molecule has 8 heteroatoms. The third-order valence-electron chi connectivity index (χ3n) is 4.82. The first-order valence-corrected chi connectivity index (χ1v) is 10.6. The molecule has 0 aliphatic heterocycles. The monoisotopic (exact) mass is 493 g/mol. The largest absolute Gasteiger partial charge is 0.493 e. The number of ether oxygens (including phenoxy) is 2. The van der Waals surface area contributed by atoms with Crippen molar-refractivity contribution in [1.29, 1.82) is 0 Å². The summed E-state index contributed by atoms with van der Waals surface area (Å²) in [6.45, 7) is 2.41. The van der Waals surface area contributed by atoms with Crippen molar-refractivity contribution in [2.24, 2.45) is 5.10 Å². The fourth-order valence-corrected chi connectivity index (χ4v) is 3.87. The van der Waals surface area contributed by atoms with Crippen LogP contribution in [0.2, 0.25) is 0 Å². The summed E-state index contributed by atoms with van der Waals surface area (Å²) in [4.78, 5) is 27.6. The number of hydrogen-bond donors (Lipinski definition) is 1. The zero-order chi connectivity index (χ0) is 22.7. The number of nitrogens with one attached hydrogen (secondary N) is 1. The van der Waals surface area contributed by atoms with E-state index < -0.39 is 11.2 Å². The third kappa shape index (κ3) is 4.50. The molecule has 0 atom stereocenters. The van der Waals surface area contributed by atoms with Crippen molar-refractivity contribution < 1.29 is 9.47 Å². The number of benzene rings is 3. The van der Waals surface area contributed by atoms with E-state index in [-0.39, 0.29) is 0 Å². The molecule has 0 bridgehead atoms. The molecule has 32 heavy (non-hydrogen) atoms. The Morgan fingerprint density at radius 2 is 1.91 bits per heavy atom. The van der Waals surface area contributed by atoms with E-state index in [0.717, 1.165) is 15.8 Å². The van der Waals surface area contributed by atoms with Crippen molar-refractivity contribution >= 4 is 33.0 Å².